The summed E-state index contributed by atoms with van der Waals surface area (Å²) in [6.07, 6.45) is 1.93. The van der Waals surface area contributed by atoms with Crippen LogP contribution < -0.4 is 0 Å². The van der Waals surface area contributed by atoms with Gasteiger partial charge in [0.05, 0.1) is 5.56 Å². The molecule has 2 rings (SSSR count). The smallest absolute Gasteiger partial charge is 0.391 e. The van der Waals surface area contributed by atoms with E-state index in [2.05, 4.69) is 11.4 Å². The highest BCUT2D eigenvalue weighted by atomic mass is 19.4. The highest BCUT2D eigenvalue weighted by Gasteiger charge is 2.29. The van der Waals surface area contributed by atoms with Crippen molar-refractivity contribution in [2.24, 2.45) is 11.1 Å². The summed E-state index contributed by atoms with van der Waals surface area (Å²) in [6.45, 7) is 0.165. The lowest BCUT2D eigenvalue weighted by molar-refractivity contribution is -0.137. The van der Waals surface area contributed by atoms with Crippen LogP contribution in [0.25, 0.3) is 0 Å². The molecule has 5 heteroatoms. The molecule has 0 saturated heterocycles. The van der Waals surface area contributed by atoms with Crippen molar-refractivity contribution in [3.05, 3.63) is 35.4 Å². The second-order valence-electron chi connectivity index (χ2n) is 4.32. The summed E-state index contributed by atoms with van der Waals surface area (Å²) in [6, 6.07) is 4.86. The van der Waals surface area contributed by atoms with Gasteiger partial charge in [-0.25, -0.2) is 0 Å². The normalized spacial score (nSPS) is 16.8. The van der Waals surface area contributed by atoms with Crippen molar-refractivity contribution in [2.75, 3.05) is 0 Å². The van der Waals surface area contributed by atoms with Crippen LogP contribution in [-0.4, -0.2) is 6.21 Å². The molecule has 1 fully saturated rings. The Hall–Kier alpha value is -1.52. The average molecular weight is 256 g/mol. The van der Waals surface area contributed by atoms with Crippen LogP contribution in [0, 0.1) is 5.92 Å². The van der Waals surface area contributed by atoms with Crippen molar-refractivity contribution >= 4 is 6.21 Å². The Balaban J connectivity index is 1.81. The van der Waals surface area contributed by atoms with E-state index in [0.29, 0.717) is 11.5 Å². The van der Waals surface area contributed by atoms with Gasteiger partial charge in [0.1, 0.15) is 12.8 Å². The van der Waals surface area contributed by atoms with E-state index < -0.39 is 11.7 Å². The highest BCUT2D eigenvalue weighted by Crippen LogP contribution is 2.29. The molecule has 2 nitrogen and oxygen atoms in total. The number of rotatable bonds is 4. The van der Waals surface area contributed by atoms with Crippen LogP contribution in [0.4, 0.5) is 13.2 Å². The van der Waals surface area contributed by atoms with Crippen LogP contribution in [0.2, 0.25) is 0 Å². The summed E-state index contributed by atoms with van der Waals surface area (Å²) in [7, 11) is 0. The molecule has 0 spiro atoms. The van der Waals surface area contributed by atoms with Crippen LogP contribution in [-0.2, 0) is 17.6 Å². The van der Waals surface area contributed by atoms with Gasteiger partial charge in [0.25, 0.3) is 0 Å². The number of alkyl halides is 3. The first kappa shape index (κ1) is 12.9. The Morgan fingerprint density at radius 1 is 1.22 bits per heavy atom. The predicted molar refractivity (Wildman–Crippen MR) is 61.0 cm³/mol. The van der Waals surface area contributed by atoms with Gasteiger partial charge in [-0.15, -0.1) is 0 Å². The number of hydrogen-bond acceptors (Lipinski definition) is 2. The molecule has 0 heterocycles. The number of hydrogen-bond donors (Lipinski definition) is 0. The molecule has 18 heavy (non-hydrogen) atoms. The third-order valence-electron chi connectivity index (χ3n) is 2.92. The van der Waals surface area contributed by atoms with Crippen molar-refractivity contribution in [1.29, 1.82) is 0 Å². The molecule has 1 radical (unpaired) electrons. The molecule has 1 aliphatic carbocycles. The maximum Gasteiger partial charge on any atom is 0.416 e. The lowest BCUT2D eigenvalue weighted by atomic mass is 9.87. The molecule has 0 aromatic heterocycles. The first-order chi connectivity index (χ1) is 8.55. The number of nitrogens with zero attached hydrogens (tertiary/aromatic N) is 1. The van der Waals surface area contributed by atoms with E-state index in [4.69, 9.17) is 4.84 Å². The van der Waals surface area contributed by atoms with E-state index in [1.54, 1.807) is 0 Å². The quantitative estimate of drug-likeness (QED) is 0.591. The van der Waals surface area contributed by atoms with Gasteiger partial charge in [-0.2, -0.15) is 13.2 Å². The van der Waals surface area contributed by atoms with Gasteiger partial charge in [-0.3, -0.25) is 0 Å². The fourth-order valence-electron chi connectivity index (χ4n) is 1.55. The van der Waals surface area contributed by atoms with Crippen molar-refractivity contribution in [2.45, 2.75) is 32.0 Å². The van der Waals surface area contributed by atoms with E-state index in [-0.39, 0.29) is 6.61 Å². The van der Waals surface area contributed by atoms with Crippen LogP contribution in [0.1, 0.15) is 30.4 Å². The third-order valence-corrected chi connectivity index (χ3v) is 2.92. The predicted octanol–water partition coefficient (Wildman–Crippen LogP) is 3.88. The third kappa shape index (κ3) is 3.48. The average Bonchev–Trinajstić information content (AvgIpc) is 2.26. The summed E-state index contributed by atoms with van der Waals surface area (Å²) in [5.74, 6) is 0.387. The molecule has 1 aromatic rings. The fraction of sp³-hybridized carbons (Fsp3) is 0.462. The van der Waals surface area contributed by atoms with E-state index >= 15 is 0 Å². The molecule has 0 N–H and O–H groups in total. The minimum Gasteiger partial charge on any atom is -0.391 e. The van der Waals surface area contributed by atoms with Crippen LogP contribution in [0.5, 0.6) is 0 Å². The molecular weight excluding hydrogens is 243 g/mol. The Morgan fingerprint density at radius 3 is 2.39 bits per heavy atom. The minimum absolute atomic E-state index is 0.165. The molecule has 0 bridgehead atoms. The molecule has 1 aromatic carbocycles. The first-order valence-corrected chi connectivity index (χ1v) is 5.79. The lowest BCUT2D eigenvalue weighted by Gasteiger charge is -2.18. The van der Waals surface area contributed by atoms with Crippen molar-refractivity contribution in [1.82, 2.24) is 0 Å². The molecular formula is C13H13F3NO. The monoisotopic (exact) mass is 256 g/mol. The zero-order chi connectivity index (χ0) is 13.0. The molecule has 1 aliphatic rings. The van der Waals surface area contributed by atoms with Gasteiger partial charge in [-0.1, -0.05) is 23.7 Å². The van der Waals surface area contributed by atoms with Gasteiger partial charge in [0.2, 0.25) is 0 Å². The van der Waals surface area contributed by atoms with E-state index in [1.807, 2.05) is 0 Å². The second-order valence-corrected chi connectivity index (χ2v) is 4.32. The van der Waals surface area contributed by atoms with Crippen molar-refractivity contribution in [3.63, 3.8) is 0 Å². The van der Waals surface area contributed by atoms with Crippen molar-refractivity contribution in [3.8, 4) is 0 Å². The lowest BCUT2D eigenvalue weighted by Crippen LogP contribution is -2.11. The summed E-state index contributed by atoms with van der Waals surface area (Å²) in [5, 5.41) is 3.69. The summed E-state index contributed by atoms with van der Waals surface area (Å²) in [4.78, 5) is 4.98. The summed E-state index contributed by atoms with van der Waals surface area (Å²) < 4.78 is 36.9. The van der Waals surface area contributed by atoms with Crippen LogP contribution >= 0.6 is 0 Å². The number of benzene rings is 1. The van der Waals surface area contributed by atoms with Gasteiger partial charge < -0.3 is 4.84 Å². The fourth-order valence-corrected chi connectivity index (χ4v) is 1.55. The molecule has 1 saturated carbocycles. The molecule has 0 amide bonds. The van der Waals surface area contributed by atoms with Gasteiger partial charge in [-0.05, 0) is 30.5 Å². The summed E-state index contributed by atoms with van der Waals surface area (Å²) in [5.41, 5.74) is -0.00191. The van der Waals surface area contributed by atoms with Gasteiger partial charge in [0.15, 0.2) is 0 Å². The second kappa shape index (κ2) is 5.42. The zero-order valence-electron chi connectivity index (χ0n) is 9.70. The molecule has 97 valence electrons. The maximum absolute atomic E-state index is 12.3. The van der Waals surface area contributed by atoms with E-state index in [9.17, 15) is 13.2 Å². The Morgan fingerprint density at radius 2 is 1.89 bits per heavy atom. The molecule has 0 aliphatic heterocycles. The highest BCUT2D eigenvalue weighted by molar-refractivity contribution is 5.60. The molecule has 0 atom stereocenters. The minimum atomic E-state index is -4.30. The van der Waals surface area contributed by atoms with E-state index in [1.165, 1.54) is 18.6 Å². The Kier molecular flexibility index (Phi) is 3.89. The van der Waals surface area contributed by atoms with Crippen LogP contribution in [0.3, 0.4) is 0 Å². The maximum atomic E-state index is 12.3. The van der Waals surface area contributed by atoms with Crippen LogP contribution in [0.15, 0.2) is 29.4 Å². The Bertz CT molecular complexity index is 407. The zero-order valence-corrected chi connectivity index (χ0v) is 9.70. The van der Waals surface area contributed by atoms with E-state index in [0.717, 1.165) is 25.0 Å². The number of halogens is 3. The SMILES string of the molecule is FC(F)(F)c1ccc(CO/N=[C]\C2CCC2)cc1. The van der Waals surface area contributed by atoms with Gasteiger partial charge >= 0.3 is 6.18 Å². The Labute approximate surface area is 103 Å². The summed E-state index contributed by atoms with van der Waals surface area (Å²) >= 11 is 0. The molecule has 0 unspecified atom stereocenters. The topological polar surface area (TPSA) is 21.6 Å². The van der Waals surface area contributed by atoms with Crippen molar-refractivity contribution < 1.29 is 18.0 Å². The first-order valence-electron chi connectivity index (χ1n) is 5.79. The largest absolute Gasteiger partial charge is 0.416 e. The standard InChI is InChI=1S/C13H13F3NO/c14-13(15,16)12-6-4-11(5-7-12)9-18-17-8-10-2-1-3-10/h4-7,10H,1-3,9H2. The van der Waals surface area contributed by atoms with Gasteiger partial charge in [0, 0.05) is 5.92 Å².